The number of halogens is 2. The summed E-state index contributed by atoms with van der Waals surface area (Å²) in [4.78, 5) is 16.5. The normalized spacial score (nSPS) is 15.0. The number of anilines is 1. The van der Waals surface area contributed by atoms with Gasteiger partial charge in [-0.25, -0.2) is 13.8 Å². The predicted octanol–water partition coefficient (Wildman–Crippen LogP) is 3.32. The second-order valence-electron chi connectivity index (χ2n) is 5.85. The third-order valence-corrected chi connectivity index (χ3v) is 4.21. The highest BCUT2D eigenvalue weighted by atomic mass is 19.1. The summed E-state index contributed by atoms with van der Waals surface area (Å²) in [7, 11) is 1.44. The molecule has 1 fully saturated rings. The van der Waals surface area contributed by atoms with Crippen LogP contribution in [0.3, 0.4) is 0 Å². The van der Waals surface area contributed by atoms with Gasteiger partial charge in [0.15, 0.2) is 11.6 Å². The van der Waals surface area contributed by atoms with Crippen molar-refractivity contribution >= 4 is 11.4 Å². The van der Waals surface area contributed by atoms with Gasteiger partial charge in [-0.3, -0.25) is 10.1 Å². The summed E-state index contributed by atoms with van der Waals surface area (Å²) >= 11 is 0. The molecule has 26 heavy (non-hydrogen) atoms. The molecule has 1 aliphatic heterocycles. The van der Waals surface area contributed by atoms with Crippen LogP contribution in [0.5, 0.6) is 11.6 Å². The number of benzene rings is 1. The number of nitro groups is 1. The maximum absolute atomic E-state index is 13.7. The van der Waals surface area contributed by atoms with Crippen LogP contribution >= 0.6 is 0 Å². The molecule has 0 bridgehead atoms. The van der Waals surface area contributed by atoms with Gasteiger partial charge in [0.05, 0.1) is 12.0 Å². The summed E-state index contributed by atoms with van der Waals surface area (Å²) in [5.74, 6) is -1.12. The molecule has 9 heteroatoms. The molecule has 1 saturated heterocycles. The Bertz CT molecular complexity index is 811. The lowest BCUT2D eigenvalue weighted by Crippen LogP contribution is -2.38. The summed E-state index contributed by atoms with van der Waals surface area (Å²) < 4.78 is 37.3. The van der Waals surface area contributed by atoms with E-state index in [0.717, 1.165) is 12.1 Å². The molecule has 0 unspecified atom stereocenters. The SMILES string of the molecule is COc1cc(N2CCC(Oc3ccc(F)cc3F)CC2)c([N+](=O)[O-])cn1. The molecule has 0 radical (unpaired) electrons. The predicted molar refractivity (Wildman–Crippen MR) is 89.7 cm³/mol. The standard InChI is InChI=1S/C17H17F2N3O4/c1-25-17-9-14(15(10-20-17)22(23)24)21-6-4-12(5-7-21)26-16-3-2-11(18)8-13(16)19/h2-3,8-10,12H,4-7H2,1H3. The van der Waals surface area contributed by atoms with Gasteiger partial charge >= 0.3 is 5.69 Å². The minimum atomic E-state index is -0.748. The number of pyridine rings is 1. The van der Waals surface area contributed by atoms with E-state index in [1.807, 2.05) is 4.90 Å². The minimum absolute atomic E-state index is 0.00131. The smallest absolute Gasteiger partial charge is 0.310 e. The van der Waals surface area contributed by atoms with Crippen molar-refractivity contribution in [1.29, 1.82) is 0 Å². The summed E-state index contributed by atoms with van der Waals surface area (Å²) in [5.41, 5.74) is 0.322. The van der Waals surface area contributed by atoms with Crippen LogP contribution in [-0.4, -0.2) is 36.2 Å². The molecule has 0 atom stereocenters. The fraction of sp³-hybridized carbons (Fsp3) is 0.353. The molecular formula is C17H17F2N3O4. The van der Waals surface area contributed by atoms with Crippen molar-refractivity contribution < 1.29 is 23.2 Å². The van der Waals surface area contributed by atoms with E-state index in [9.17, 15) is 18.9 Å². The lowest BCUT2D eigenvalue weighted by Gasteiger charge is -2.33. The summed E-state index contributed by atoms with van der Waals surface area (Å²) in [6, 6.07) is 4.70. The van der Waals surface area contributed by atoms with Gasteiger partial charge in [-0.15, -0.1) is 0 Å². The lowest BCUT2D eigenvalue weighted by molar-refractivity contribution is -0.384. The van der Waals surface area contributed by atoms with E-state index >= 15 is 0 Å². The molecule has 0 aliphatic carbocycles. The first-order chi connectivity index (χ1) is 12.5. The number of piperidine rings is 1. The highest BCUT2D eigenvalue weighted by Gasteiger charge is 2.27. The third-order valence-electron chi connectivity index (χ3n) is 4.21. The second-order valence-corrected chi connectivity index (χ2v) is 5.85. The lowest BCUT2D eigenvalue weighted by atomic mass is 10.1. The molecule has 0 N–H and O–H groups in total. The van der Waals surface area contributed by atoms with Crippen LogP contribution < -0.4 is 14.4 Å². The number of aromatic nitrogens is 1. The molecule has 0 amide bonds. The van der Waals surface area contributed by atoms with Crippen molar-refractivity contribution in [3.8, 4) is 11.6 Å². The van der Waals surface area contributed by atoms with E-state index in [2.05, 4.69) is 4.98 Å². The van der Waals surface area contributed by atoms with Crippen molar-refractivity contribution in [3.63, 3.8) is 0 Å². The molecule has 138 valence electrons. The largest absolute Gasteiger partial charge is 0.487 e. The van der Waals surface area contributed by atoms with Crippen molar-refractivity contribution in [2.24, 2.45) is 0 Å². The van der Waals surface area contributed by atoms with Crippen molar-refractivity contribution in [3.05, 3.63) is 52.2 Å². The zero-order valence-electron chi connectivity index (χ0n) is 14.0. The maximum Gasteiger partial charge on any atom is 0.310 e. The van der Waals surface area contributed by atoms with Crippen LogP contribution in [0, 0.1) is 21.7 Å². The molecule has 0 spiro atoms. The Morgan fingerprint density at radius 3 is 2.62 bits per heavy atom. The summed E-state index contributed by atoms with van der Waals surface area (Å²) in [5, 5.41) is 11.2. The Labute approximate surface area is 148 Å². The number of nitrogens with zero attached hydrogens (tertiary/aromatic N) is 3. The highest BCUT2D eigenvalue weighted by molar-refractivity contribution is 5.64. The average molecular weight is 365 g/mol. The Balaban J connectivity index is 1.69. The van der Waals surface area contributed by atoms with Crippen LogP contribution in [0.15, 0.2) is 30.5 Å². The fourth-order valence-corrected chi connectivity index (χ4v) is 2.89. The molecule has 1 aliphatic rings. The van der Waals surface area contributed by atoms with Gasteiger partial charge in [0.2, 0.25) is 5.88 Å². The molecular weight excluding hydrogens is 348 g/mol. The molecule has 0 saturated carbocycles. The van der Waals surface area contributed by atoms with Crippen LogP contribution in [0.2, 0.25) is 0 Å². The van der Waals surface area contributed by atoms with E-state index in [1.165, 1.54) is 25.4 Å². The Morgan fingerprint density at radius 1 is 1.27 bits per heavy atom. The number of hydrogen-bond donors (Lipinski definition) is 0. The van der Waals surface area contributed by atoms with Gasteiger partial charge < -0.3 is 14.4 Å². The highest BCUT2D eigenvalue weighted by Crippen LogP contribution is 2.33. The first-order valence-corrected chi connectivity index (χ1v) is 8.03. The zero-order chi connectivity index (χ0) is 18.7. The van der Waals surface area contributed by atoms with Crippen molar-refractivity contribution in [2.45, 2.75) is 18.9 Å². The van der Waals surface area contributed by atoms with Crippen LogP contribution in [0.4, 0.5) is 20.2 Å². The van der Waals surface area contributed by atoms with E-state index in [1.54, 1.807) is 0 Å². The van der Waals surface area contributed by atoms with Crippen LogP contribution in [-0.2, 0) is 0 Å². The fourth-order valence-electron chi connectivity index (χ4n) is 2.89. The van der Waals surface area contributed by atoms with Crippen molar-refractivity contribution in [2.75, 3.05) is 25.1 Å². The first-order valence-electron chi connectivity index (χ1n) is 8.03. The first kappa shape index (κ1) is 17.8. The van der Waals surface area contributed by atoms with Gasteiger partial charge in [0.1, 0.15) is 23.8 Å². The van der Waals surface area contributed by atoms with Gasteiger partial charge in [-0.1, -0.05) is 0 Å². The van der Waals surface area contributed by atoms with Gasteiger partial charge in [-0.05, 0) is 12.1 Å². The molecule has 3 rings (SSSR count). The zero-order valence-corrected chi connectivity index (χ0v) is 14.0. The van der Waals surface area contributed by atoms with Crippen molar-refractivity contribution in [1.82, 2.24) is 4.98 Å². The van der Waals surface area contributed by atoms with Crippen LogP contribution in [0.1, 0.15) is 12.8 Å². The van der Waals surface area contributed by atoms with Crippen LogP contribution in [0.25, 0.3) is 0 Å². The third kappa shape index (κ3) is 3.81. The number of rotatable bonds is 5. The molecule has 1 aromatic heterocycles. The number of hydrogen-bond acceptors (Lipinski definition) is 6. The van der Waals surface area contributed by atoms with Gasteiger partial charge in [0.25, 0.3) is 0 Å². The molecule has 2 aromatic rings. The molecule has 1 aromatic carbocycles. The van der Waals surface area contributed by atoms with E-state index in [0.29, 0.717) is 31.6 Å². The Hall–Kier alpha value is -2.97. The van der Waals surface area contributed by atoms with E-state index < -0.39 is 16.6 Å². The average Bonchev–Trinajstić information content (AvgIpc) is 2.64. The summed E-state index contributed by atoms with van der Waals surface area (Å²) in [6.07, 6.45) is 2.00. The monoisotopic (exact) mass is 365 g/mol. The topological polar surface area (TPSA) is 77.7 Å². The molecule has 2 heterocycles. The van der Waals surface area contributed by atoms with E-state index in [-0.39, 0.29) is 23.4 Å². The molecule has 7 nitrogen and oxygen atoms in total. The van der Waals surface area contributed by atoms with E-state index in [4.69, 9.17) is 9.47 Å². The Kier molecular flexibility index (Phi) is 5.15. The van der Waals surface area contributed by atoms with Gasteiger partial charge in [-0.2, -0.15) is 0 Å². The maximum atomic E-state index is 13.7. The quantitative estimate of drug-likeness (QED) is 0.597. The summed E-state index contributed by atoms with van der Waals surface area (Å²) in [6.45, 7) is 0.975. The number of ether oxygens (including phenoxy) is 2. The van der Waals surface area contributed by atoms with Gasteiger partial charge in [0, 0.05) is 38.1 Å². The minimum Gasteiger partial charge on any atom is -0.487 e. The Morgan fingerprint density at radius 2 is 2.00 bits per heavy atom. The number of methoxy groups -OCH3 is 1. The second kappa shape index (κ2) is 7.51.